The van der Waals surface area contributed by atoms with E-state index in [2.05, 4.69) is 22.5 Å². The Labute approximate surface area is 154 Å². The lowest BCUT2D eigenvalue weighted by atomic mass is 9.54. The molecule has 0 radical (unpaired) electrons. The van der Waals surface area contributed by atoms with Crippen molar-refractivity contribution in [2.75, 3.05) is 6.61 Å². The third-order valence-electron chi connectivity index (χ3n) is 5.58. The molecule has 6 nitrogen and oxygen atoms in total. The van der Waals surface area contributed by atoms with Gasteiger partial charge in [-0.2, -0.15) is 5.10 Å². The van der Waals surface area contributed by atoms with Crippen LogP contribution in [0.15, 0.2) is 42.7 Å². The summed E-state index contributed by atoms with van der Waals surface area (Å²) in [6.45, 7) is 7.76. The number of benzene rings is 1. The number of hydrogen-bond acceptors (Lipinski definition) is 4. The Morgan fingerprint density at radius 2 is 2.15 bits per heavy atom. The van der Waals surface area contributed by atoms with Crippen LogP contribution in [0.4, 0.5) is 0 Å². The summed E-state index contributed by atoms with van der Waals surface area (Å²) >= 11 is 0. The number of amides is 1. The average Bonchev–Trinajstić information content (AvgIpc) is 3.12. The summed E-state index contributed by atoms with van der Waals surface area (Å²) in [5.41, 5.74) is 7.34. The summed E-state index contributed by atoms with van der Waals surface area (Å²) in [7, 11) is 0. The molecule has 2 unspecified atom stereocenters. The second-order valence-corrected chi connectivity index (χ2v) is 7.55. The molecule has 1 aliphatic carbocycles. The van der Waals surface area contributed by atoms with Crippen molar-refractivity contribution in [3.8, 4) is 0 Å². The monoisotopic (exact) mass is 356 g/mol. The van der Waals surface area contributed by atoms with Gasteiger partial charge in [0.05, 0.1) is 12.6 Å². The van der Waals surface area contributed by atoms with E-state index >= 15 is 0 Å². The first-order chi connectivity index (χ1) is 12.4. The van der Waals surface area contributed by atoms with E-state index in [1.165, 1.54) is 0 Å². The van der Waals surface area contributed by atoms with E-state index < -0.39 is 5.54 Å². The minimum absolute atomic E-state index is 0.0284. The number of hydrogen-bond donors (Lipinski definition) is 2. The van der Waals surface area contributed by atoms with Crippen LogP contribution in [-0.4, -0.2) is 33.9 Å². The fourth-order valence-electron chi connectivity index (χ4n) is 3.58. The highest BCUT2D eigenvalue weighted by atomic mass is 16.5. The Kier molecular flexibility index (Phi) is 5.16. The summed E-state index contributed by atoms with van der Waals surface area (Å²) < 4.78 is 7.57. The van der Waals surface area contributed by atoms with Gasteiger partial charge in [-0.3, -0.25) is 9.48 Å². The Bertz CT molecular complexity index is 757. The van der Waals surface area contributed by atoms with Crippen LogP contribution in [0, 0.1) is 5.41 Å². The highest BCUT2D eigenvalue weighted by Gasteiger charge is 2.62. The molecule has 0 spiro atoms. The van der Waals surface area contributed by atoms with Crippen LogP contribution in [0.1, 0.15) is 38.3 Å². The second kappa shape index (κ2) is 7.21. The van der Waals surface area contributed by atoms with Gasteiger partial charge >= 0.3 is 0 Å². The van der Waals surface area contributed by atoms with Gasteiger partial charge in [-0.05, 0) is 24.1 Å². The molecule has 1 aliphatic rings. The molecular weight excluding hydrogens is 328 g/mol. The molecule has 140 valence electrons. The van der Waals surface area contributed by atoms with E-state index in [9.17, 15) is 4.79 Å². The minimum atomic E-state index is -0.889. The Morgan fingerprint density at radius 3 is 2.81 bits per heavy atom. The van der Waals surface area contributed by atoms with Gasteiger partial charge in [0.1, 0.15) is 5.54 Å². The van der Waals surface area contributed by atoms with Crippen molar-refractivity contribution in [2.45, 2.75) is 51.9 Å². The largest absolute Gasteiger partial charge is 0.378 e. The summed E-state index contributed by atoms with van der Waals surface area (Å²) in [5.74, 6) is -0.115. The number of aromatic nitrogens is 2. The number of nitrogens with zero attached hydrogens (tertiary/aromatic N) is 2. The molecule has 1 aromatic heterocycles. The molecule has 2 aromatic rings. The van der Waals surface area contributed by atoms with Gasteiger partial charge in [-0.25, -0.2) is 0 Å². The zero-order valence-electron chi connectivity index (χ0n) is 15.7. The molecule has 1 heterocycles. The molecule has 26 heavy (non-hydrogen) atoms. The molecule has 1 aromatic carbocycles. The standard InChI is InChI=1S/C20H28N4O2/c1-4-26-17-12-20(21,19(17,2)3)18(25)22-13-15-7-5-8-16(11-15)14-24-10-6-9-23-24/h5-11,17H,4,12-14,21H2,1-3H3,(H,22,25). The van der Waals surface area contributed by atoms with Crippen molar-refractivity contribution in [1.29, 1.82) is 0 Å². The highest BCUT2D eigenvalue weighted by molar-refractivity contribution is 5.88. The molecule has 0 saturated heterocycles. The first-order valence-corrected chi connectivity index (χ1v) is 9.11. The minimum Gasteiger partial charge on any atom is -0.378 e. The van der Waals surface area contributed by atoms with Crippen LogP contribution in [0.5, 0.6) is 0 Å². The van der Waals surface area contributed by atoms with Gasteiger partial charge in [0.25, 0.3) is 0 Å². The average molecular weight is 356 g/mol. The molecule has 0 bridgehead atoms. The molecular formula is C20H28N4O2. The molecule has 1 amide bonds. The van der Waals surface area contributed by atoms with Gasteiger partial charge in [-0.15, -0.1) is 0 Å². The number of carbonyl (C=O) groups excluding carboxylic acids is 1. The number of nitrogens with one attached hydrogen (secondary N) is 1. The van der Waals surface area contributed by atoms with Crippen molar-refractivity contribution < 1.29 is 9.53 Å². The Morgan fingerprint density at radius 1 is 1.38 bits per heavy atom. The molecule has 1 saturated carbocycles. The van der Waals surface area contributed by atoms with Crippen LogP contribution in [0.25, 0.3) is 0 Å². The lowest BCUT2D eigenvalue weighted by Crippen LogP contribution is -2.75. The van der Waals surface area contributed by atoms with Gasteiger partial charge < -0.3 is 15.8 Å². The van der Waals surface area contributed by atoms with Crippen molar-refractivity contribution in [1.82, 2.24) is 15.1 Å². The zero-order valence-corrected chi connectivity index (χ0v) is 15.7. The summed E-state index contributed by atoms with van der Waals surface area (Å²) in [6.07, 6.45) is 4.28. The Balaban J connectivity index is 1.60. The number of rotatable bonds is 7. The molecule has 0 aliphatic heterocycles. The second-order valence-electron chi connectivity index (χ2n) is 7.55. The van der Waals surface area contributed by atoms with Crippen LogP contribution >= 0.6 is 0 Å². The molecule has 6 heteroatoms. The zero-order chi connectivity index (χ0) is 18.8. The smallest absolute Gasteiger partial charge is 0.241 e. The lowest BCUT2D eigenvalue weighted by molar-refractivity contribution is -0.170. The van der Waals surface area contributed by atoms with E-state index in [1.807, 2.05) is 49.8 Å². The van der Waals surface area contributed by atoms with Crippen molar-refractivity contribution >= 4 is 5.91 Å². The van der Waals surface area contributed by atoms with Gasteiger partial charge in [0, 0.05) is 37.4 Å². The van der Waals surface area contributed by atoms with Crippen LogP contribution in [0.3, 0.4) is 0 Å². The fourth-order valence-corrected chi connectivity index (χ4v) is 3.58. The maximum Gasteiger partial charge on any atom is 0.241 e. The normalized spacial score (nSPS) is 24.1. The number of nitrogens with two attached hydrogens (primary N) is 1. The number of carbonyl (C=O) groups is 1. The SMILES string of the molecule is CCOC1CC(N)(C(=O)NCc2cccc(Cn3cccn3)c2)C1(C)C. The lowest BCUT2D eigenvalue weighted by Gasteiger charge is -2.57. The van der Waals surface area contributed by atoms with E-state index in [-0.39, 0.29) is 17.4 Å². The molecule has 3 rings (SSSR count). The third kappa shape index (κ3) is 3.39. The van der Waals surface area contributed by atoms with E-state index in [0.29, 0.717) is 26.1 Å². The topological polar surface area (TPSA) is 82.2 Å². The van der Waals surface area contributed by atoms with Crippen molar-refractivity contribution in [3.63, 3.8) is 0 Å². The molecule has 1 fully saturated rings. The van der Waals surface area contributed by atoms with E-state index in [1.54, 1.807) is 6.20 Å². The summed E-state index contributed by atoms with van der Waals surface area (Å²) in [5, 5.41) is 7.23. The third-order valence-corrected chi connectivity index (χ3v) is 5.58. The maximum atomic E-state index is 12.7. The van der Waals surface area contributed by atoms with Crippen molar-refractivity contribution in [3.05, 3.63) is 53.9 Å². The van der Waals surface area contributed by atoms with Crippen LogP contribution in [-0.2, 0) is 22.6 Å². The predicted molar refractivity (Wildman–Crippen MR) is 100 cm³/mol. The van der Waals surface area contributed by atoms with Gasteiger partial charge in [0.15, 0.2) is 0 Å². The summed E-state index contributed by atoms with van der Waals surface area (Å²) in [6, 6.07) is 10.0. The quantitative estimate of drug-likeness (QED) is 0.796. The molecule has 2 atom stereocenters. The fraction of sp³-hybridized carbons (Fsp3) is 0.500. The van der Waals surface area contributed by atoms with Crippen LogP contribution in [0.2, 0.25) is 0 Å². The predicted octanol–water partition coefficient (Wildman–Crippen LogP) is 2.08. The van der Waals surface area contributed by atoms with E-state index in [4.69, 9.17) is 10.5 Å². The van der Waals surface area contributed by atoms with Crippen LogP contribution < -0.4 is 11.1 Å². The number of ether oxygens (including phenoxy) is 1. The van der Waals surface area contributed by atoms with Gasteiger partial charge in [0.2, 0.25) is 5.91 Å². The first kappa shape index (κ1) is 18.6. The highest BCUT2D eigenvalue weighted by Crippen LogP contribution is 2.49. The Hall–Kier alpha value is -2.18. The maximum absolute atomic E-state index is 12.7. The van der Waals surface area contributed by atoms with Crippen molar-refractivity contribution in [2.24, 2.45) is 11.1 Å². The first-order valence-electron chi connectivity index (χ1n) is 9.11. The van der Waals surface area contributed by atoms with E-state index in [0.717, 1.165) is 11.1 Å². The summed E-state index contributed by atoms with van der Waals surface area (Å²) in [4.78, 5) is 12.7. The van der Waals surface area contributed by atoms with Gasteiger partial charge in [-0.1, -0.05) is 38.1 Å². The molecule has 3 N–H and O–H groups in total.